The Kier molecular flexibility index (Phi) is 22.9. The third-order valence-corrected chi connectivity index (χ3v) is 3.02. The average molecular weight is 518 g/mol. The first-order valence-corrected chi connectivity index (χ1v) is 9.39. The zero-order valence-corrected chi connectivity index (χ0v) is 20.5. The van der Waals surface area contributed by atoms with E-state index in [9.17, 15) is 19.8 Å². The number of carboxylic acid groups (broad SMARTS) is 2. The summed E-state index contributed by atoms with van der Waals surface area (Å²) in [5.74, 6) is -4.01. The molecule has 0 aromatic heterocycles. The minimum atomic E-state index is -1.55. The van der Waals surface area contributed by atoms with Crippen molar-refractivity contribution in [2.45, 2.75) is 13.8 Å². The van der Waals surface area contributed by atoms with Crippen molar-refractivity contribution in [2.75, 3.05) is 13.2 Å². The van der Waals surface area contributed by atoms with Crippen molar-refractivity contribution in [3.8, 4) is 0 Å². The topological polar surface area (TPSA) is 207 Å². The summed E-state index contributed by atoms with van der Waals surface area (Å²) < 4.78 is 0. The summed E-state index contributed by atoms with van der Waals surface area (Å²) >= 11 is 0. The largest absolute Gasteiger partial charge is 4.00 e. The number of carboxylic acids is 2. The van der Waals surface area contributed by atoms with Crippen LogP contribution >= 0.6 is 0 Å². The molecule has 35 heavy (non-hydrogen) atoms. The standard InChI is InChI=1S/2C10H10O2.2C2H3O3.Ti/c2*1-8(11)7-10(12)9-5-3-2-4-6-9;2*3-1-2(4)5;/h2*2-7,12H,1H3;2*1H2,(H,4,5);/q;;2*-1;+4/p-4/b2*10-7-;;;. The molecular weight excluding hydrogens is 496 g/mol. The molecule has 0 saturated heterocycles. The van der Waals surface area contributed by atoms with Gasteiger partial charge in [0.1, 0.15) is 0 Å². The monoisotopic (exact) mass is 518 g/mol. The molecule has 2 rings (SSSR count). The molecule has 0 aliphatic carbocycles. The third-order valence-electron chi connectivity index (χ3n) is 3.02. The maximum atomic E-state index is 11.2. The van der Waals surface area contributed by atoms with E-state index >= 15 is 0 Å². The Balaban J connectivity index is -0.000000419. The number of hydrogen-bond acceptors (Lipinski definition) is 10. The molecular formula is C24H22O10Ti-2. The molecule has 0 radical (unpaired) electrons. The molecule has 0 aliphatic rings. The van der Waals surface area contributed by atoms with E-state index in [4.69, 9.17) is 30.0 Å². The van der Waals surface area contributed by atoms with E-state index in [-0.39, 0.29) is 44.8 Å². The summed E-state index contributed by atoms with van der Waals surface area (Å²) in [5, 5.41) is 58.2. The zero-order valence-electron chi connectivity index (χ0n) is 18.9. The van der Waals surface area contributed by atoms with Crippen LogP contribution in [0, 0.1) is 0 Å². The zero-order chi connectivity index (χ0) is 26.5. The van der Waals surface area contributed by atoms with E-state index in [0.717, 1.165) is 12.2 Å². The predicted octanol–water partition coefficient (Wildman–Crippen LogP) is -3.86. The van der Waals surface area contributed by atoms with Gasteiger partial charge in [-0.2, -0.15) is 0 Å². The van der Waals surface area contributed by atoms with Gasteiger partial charge in [-0.25, -0.2) is 0 Å². The van der Waals surface area contributed by atoms with E-state index < -0.39 is 25.2 Å². The minimum Gasteiger partial charge on any atom is -0.872 e. The van der Waals surface area contributed by atoms with Gasteiger partial charge >= 0.3 is 21.7 Å². The van der Waals surface area contributed by atoms with Crippen LogP contribution in [-0.4, -0.2) is 36.7 Å². The number of allylic oxidation sites excluding steroid dienone is 2. The van der Waals surface area contributed by atoms with Gasteiger partial charge in [0.05, 0.1) is 0 Å². The average Bonchev–Trinajstić information content (AvgIpc) is 2.80. The van der Waals surface area contributed by atoms with E-state index in [1.165, 1.54) is 13.8 Å². The van der Waals surface area contributed by atoms with Gasteiger partial charge < -0.3 is 40.2 Å². The molecule has 10 nitrogen and oxygen atoms in total. The molecule has 0 amide bonds. The van der Waals surface area contributed by atoms with Crippen molar-refractivity contribution in [2.24, 2.45) is 0 Å². The summed E-state index contributed by atoms with van der Waals surface area (Å²) in [6.07, 6.45) is 2.19. The number of ketones is 2. The van der Waals surface area contributed by atoms with Crippen LogP contribution in [0.1, 0.15) is 25.0 Å². The van der Waals surface area contributed by atoms with Gasteiger partial charge in [-0.15, -0.1) is 0 Å². The quantitative estimate of drug-likeness (QED) is 0.207. The Hall–Kier alpha value is -3.57. The van der Waals surface area contributed by atoms with Gasteiger partial charge in [-0.05, 0) is 37.1 Å². The molecule has 0 aliphatic heterocycles. The Labute approximate surface area is 217 Å². The molecule has 0 unspecified atom stereocenters. The second-order valence-corrected chi connectivity index (χ2v) is 6.00. The fourth-order valence-electron chi connectivity index (χ4n) is 1.74. The predicted molar refractivity (Wildman–Crippen MR) is 110 cm³/mol. The van der Waals surface area contributed by atoms with E-state index in [1.807, 2.05) is 12.1 Å². The van der Waals surface area contributed by atoms with Crippen LogP contribution in [0.2, 0.25) is 0 Å². The van der Waals surface area contributed by atoms with Gasteiger partial charge in [0.15, 0.2) is 11.6 Å². The van der Waals surface area contributed by atoms with Crippen LogP contribution in [0.4, 0.5) is 0 Å². The SMILES string of the molecule is CC(=O)/C=C(\[O-])c1ccccc1.CC(=O)/C=C(\[O-])c1ccccc1.O=C([O-])C[O-].O=C([O-])C[O-].[Ti+4]. The number of rotatable bonds is 6. The van der Waals surface area contributed by atoms with Gasteiger partial charge in [-0.3, -0.25) is 9.59 Å². The van der Waals surface area contributed by atoms with Crippen molar-refractivity contribution < 1.29 is 71.5 Å². The molecule has 0 fully saturated rings. The second kappa shape index (κ2) is 22.2. The Morgan fingerprint density at radius 3 is 1.00 bits per heavy atom. The van der Waals surface area contributed by atoms with Crippen molar-refractivity contribution >= 4 is 35.0 Å². The summed E-state index contributed by atoms with van der Waals surface area (Å²) in [6.45, 7) is 0.446. The smallest absolute Gasteiger partial charge is 0.872 e. The first-order chi connectivity index (χ1) is 15.9. The van der Waals surface area contributed by atoms with Gasteiger partial charge in [0.25, 0.3) is 0 Å². The third kappa shape index (κ3) is 23.4. The molecule has 0 saturated carbocycles. The molecule has 0 bridgehead atoms. The fraction of sp³-hybridized carbons (Fsp3) is 0.167. The van der Waals surface area contributed by atoms with Crippen LogP contribution in [0.3, 0.4) is 0 Å². The maximum absolute atomic E-state index is 11.2. The number of carbonyl (C=O) groups is 4. The summed E-state index contributed by atoms with van der Waals surface area (Å²) in [4.78, 5) is 39.0. The summed E-state index contributed by atoms with van der Waals surface area (Å²) in [7, 11) is 0. The second-order valence-electron chi connectivity index (χ2n) is 6.00. The minimum absolute atomic E-state index is 0. The van der Waals surface area contributed by atoms with Crippen molar-refractivity contribution in [3.63, 3.8) is 0 Å². The van der Waals surface area contributed by atoms with Crippen LogP contribution in [0.5, 0.6) is 0 Å². The van der Waals surface area contributed by atoms with E-state index in [2.05, 4.69) is 0 Å². The number of carbonyl (C=O) groups excluding carboxylic acids is 4. The molecule has 0 N–H and O–H groups in total. The van der Waals surface area contributed by atoms with Crippen molar-refractivity contribution in [1.82, 2.24) is 0 Å². The van der Waals surface area contributed by atoms with Crippen molar-refractivity contribution in [3.05, 3.63) is 83.9 Å². The van der Waals surface area contributed by atoms with Crippen molar-refractivity contribution in [1.29, 1.82) is 0 Å². The first kappa shape index (κ1) is 36.0. The van der Waals surface area contributed by atoms with Crippen LogP contribution in [-0.2, 0) is 40.9 Å². The summed E-state index contributed by atoms with van der Waals surface area (Å²) in [6, 6.07) is 17.4. The molecule has 2 aromatic rings. The molecule has 0 spiro atoms. The maximum Gasteiger partial charge on any atom is 4.00 e. The molecule has 184 valence electrons. The van der Waals surface area contributed by atoms with Gasteiger partial charge in [-0.1, -0.05) is 85.4 Å². The summed E-state index contributed by atoms with van der Waals surface area (Å²) in [5.41, 5.74) is 1.10. The van der Waals surface area contributed by atoms with E-state index in [0.29, 0.717) is 11.1 Å². The van der Waals surface area contributed by atoms with Crippen LogP contribution in [0.15, 0.2) is 72.8 Å². The number of hydrogen-bond donors (Lipinski definition) is 0. The van der Waals surface area contributed by atoms with Gasteiger partial charge in [0.2, 0.25) is 0 Å². The molecule has 0 heterocycles. The van der Waals surface area contributed by atoms with Crippen LogP contribution in [0.25, 0.3) is 11.5 Å². The number of benzene rings is 2. The number of aliphatic carboxylic acids is 2. The van der Waals surface area contributed by atoms with Crippen LogP contribution < -0.4 is 30.6 Å². The Morgan fingerprint density at radius 2 is 0.829 bits per heavy atom. The Morgan fingerprint density at radius 1 is 0.600 bits per heavy atom. The molecule has 0 atom stereocenters. The van der Waals surface area contributed by atoms with E-state index in [1.54, 1.807) is 48.5 Å². The molecule has 11 heteroatoms. The fourth-order valence-corrected chi connectivity index (χ4v) is 1.74. The molecule has 2 aromatic carbocycles. The Bertz CT molecular complexity index is 875. The van der Waals surface area contributed by atoms with Gasteiger partial charge in [0, 0.05) is 11.9 Å². The first-order valence-electron chi connectivity index (χ1n) is 9.39. The normalized spacial score (nSPS) is 9.83.